The van der Waals surface area contributed by atoms with Gasteiger partial charge in [-0.3, -0.25) is 14.5 Å². The molecular formula is C21H31IN4O3. The number of aliphatic imine (C=N–C) groups is 1. The van der Waals surface area contributed by atoms with Crippen LogP contribution >= 0.6 is 24.0 Å². The molecule has 0 bridgehead atoms. The first-order valence-corrected chi connectivity index (χ1v) is 10.2. The molecular weight excluding hydrogens is 483 g/mol. The van der Waals surface area contributed by atoms with Crippen LogP contribution in [0, 0.1) is 5.92 Å². The summed E-state index contributed by atoms with van der Waals surface area (Å²) in [4.78, 5) is 29.8. The van der Waals surface area contributed by atoms with Gasteiger partial charge in [0, 0.05) is 38.0 Å². The van der Waals surface area contributed by atoms with Crippen molar-refractivity contribution in [2.75, 3.05) is 26.2 Å². The number of nitrogens with one attached hydrogen (secondary N) is 2. The van der Waals surface area contributed by atoms with E-state index in [1.807, 2.05) is 31.2 Å². The number of likely N-dealkylation sites (tertiary alicyclic amines) is 1. The molecule has 1 saturated carbocycles. The second-order valence-corrected chi connectivity index (χ2v) is 7.28. The highest BCUT2D eigenvalue weighted by atomic mass is 127. The van der Waals surface area contributed by atoms with E-state index in [0.717, 1.165) is 24.5 Å². The van der Waals surface area contributed by atoms with Gasteiger partial charge < -0.3 is 15.4 Å². The van der Waals surface area contributed by atoms with Crippen LogP contribution in [0.1, 0.15) is 44.6 Å². The summed E-state index contributed by atoms with van der Waals surface area (Å²) in [6.07, 6.45) is 4.09. The number of amides is 2. The molecule has 160 valence electrons. The van der Waals surface area contributed by atoms with Crippen LogP contribution in [0.3, 0.4) is 0 Å². The van der Waals surface area contributed by atoms with Crippen molar-refractivity contribution in [2.24, 2.45) is 10.9 Å². The normalized spacial score (nSPS) is 17.0. The smallest absolute Gasteiger partial charge is 0.229 e. The Bertz CT molecular complexity index is 706. The molecule has 2 N–H and O–H groups in total. The number of imide groups is 1. The van der Waals surface area contributed by atoms with E-state index >= 15 is 0 Å². The predicted octanol–water partition coefficient (Wildman–Crippen LogP) is 2.69. The number of carbonyl (C=O) groups is 2. The number of carbonyl (C=O) groups excluding carboxylic acids is 2. The minimum atomic E-state index is -0.0817. The third kappa shape index (κ3) is 7.49. The largest absolute Gasteiger partial charge is 0.493 e. The third-order valence-corrected chi connectivity index (χ3v) is 4.91. The van der Waals surface area contributed by atoms with Crippen molar-refractivity contribution in [3.63, 3.8) is 0 Å². The quantitative estimate of drug-likeness (QED) is 0.229. The van der Waals surface area contributed by atoms with Gasteiger partial charge in [-0.15, -0.1) is 24.0 Å². The van der Waals surface area contributed by atoms with Gasteiger partial charge in [0.25, 0.3) is 0 Å². The average molecular weight is 514 g/mol. The summed E-state index contributed by atoms with van der Waals surface area (Å²) in [5, 5.41) is 6.41. The Labute approximate surface area is 189 Å². The molecule has 8 heteroatoms. The number of benzene rings is 1. The summed E-state index contributed by atoms with van der Waals surface area (Å²) in [6.45, 7) is 4.84. The average Bonchev–Trinajstić information content (AvgIpc) is 3.52. The molecule has 1 saturated heterocycles. The van der Waals surface area contributed by atoms with Gasteiger partial charge in [0.15, 0.2) is 5.96 Å². The highest BCUT2D eigenvalue weighted by Gasteiger charge is 2.25. The zero-order valence-electron chi connectivity index (χ0n) is 17.0. The molecule has 1 aliphatic heterocycles. The maximum absolute atomic E-state index is 11.9. The van der Waals surface area contributed by atoms with E-state index < -0.39 is 0 Å². The van der Waals surface area contributed by atoms with Gasteiger partial charge in [0.2, 0.25) is 11.8 Å². The van der Waals surface area contributed by atoms with E-state index in [9.17, 15) is 9.59 Å². The maximum atomic E-state index is 11.9. The number of guanidine groups is 1. The van der Waals surface area contributed by atoms with Gasteiger partial charge in [-0.2, -0.15) is 0 Å². The second-order valence-electron chi connectivity index (χ2n) is 7.28. The third-order valence-electron chi connectivity index (χ3n) is 4.91. The van der Waals surface area contributed by atoms with Crippen LogP contribution in [-0.4, -0.2) is 48.9 Å². The molecule has 1 heterocycles. The van der Waals surface area contributed by atoms with Crippen LogP contribution < -0.4 is 15.4 Å². The number of nitrogens with zero attached hydrogens (tertiary/aromatic N) is 2. The van der Waals surface area contributed by atoms with Gasteiger partial charge in [0.05, 0.1) is 13.2 Å². The fraction of sp³-hybridized carbons (Fsp3) is 0.571. The number of hydrogen-bond acceptors (Lipinski definition) is 4. The SMILES string of the molecule is CCNC(=NCc1ccccc1OCC1CC1)NCCN1C(=O)CCCC1=O.I. The number of ether oxygens (including phenoxy) is 1. The van der Waals surface area contributed by atoms with Crippen LogP contribution in [-0.2, 0) is 16.1 Å². The Hall–Kier alpha value is -1.84. The number of rotatable bonds is 9. The van der Waals surface area contributed by atoms with Crippen molar-refractivity contribution in [1.82, 2.24) is 15.5 Å². The Morgan fingerprint density at radius 3 is 2.59 bits per heavy atom. The van der Waals surface area contributed by atoms with E-state index in [-0.39, 0.29) is 35.8 Å². The Morgan fingerprint density at radius 1 is 1.17 bits per heavy atom. The molecule has 3 rings (SSSR count). The molecule has 2 aliphatic rings. The maximum Gasteiger partial charge on any atom is 0.229 e. The molecule has 0 radical (unpaired) electrons. The fourth-order valence-electron chi connectivity index (χ4n) is 3.11. The zero-order chi connectivity index (χ0) is 19.8. The Balaban J connectivity index is 0.00000300. The van der Waals surface area contributed by atoms with E-state index in [0.29, 0.717) is 50.8 Å². The van der Waals surface area contributed by atoms with Gasteiger partial charge in [-0.25, -0.2) is 4.99 Å². The Morgan fingerprint density at radius 2 is 1.90 bits per heavy atom. The van der Waals surface area contributed by atoms with Crippen molar-refractivity contribution in [3.05, 3.63) is 29.8 Å². The number of halogens is 1. The van der Waals surface area contributed by atoms with E-state index in [2.05, 4.69) is 15.6 Å². The fourth-order valence-corrected chi connectivity index (χ4v) is 3.11. The van der Waals surface area contributed by atoms with Crippen molar-refractivity contribution >= 4 is 41.8 Å². The summed E-state index contributed by atoms with van der Waals surface area (Å²) in [6, 6.07) is 7.98. The number of para-hydroxylation sites is 1. The lowest BCUT2D eigenvalue weighted by molar-refractivity contribution is -0.147. The molecule has 0 aromatic heterocycles. The molecule has 1 aromatic carbocycles. The van der Waals surface area contributed by atoms with Crippen LogP contribution in [0.2, 0.25) is 0 Å². The summed E-state index contributed by atoms with van der Waals surface area (Å²) in [5.74, 6) is 2.09. The van der Waals surface area contributed by atoms with Gasteiger partial charge in [0.1, 0.15) is 5.75 Å². The topological polar surface area (TPSA) is 83.0 Å². The van der Waals surface area contributed by atoms with Gasteiger partial charge in [-0.1, -0.05) is 18.2 Å². The Kier molecular flexibility index (Phi) is 9.69. The first kappa shape index (κ1) is 23.4. The van der Waals surface area contributed by atoms with Gasteiger partial charge in [-0.05, 0) is 38.2 Å². The molecule has 2 amide bonds. The molecule has 0 unspecified atom stereocenters. The first-order chi connectivity index (χ1) is 13.7. The molecule has 1 aliphatic carbocycles. The van der Waals surface area contributed by atoms with Crippen molar-refractivity contribution in [1.29, 1.82) is 0 Å². The first-order valence-electron chi connectivity index (χ1n) is 10.2. The molecule has 29 heavy (non-hydrogen) atoms. The molecule has 2 fully saturated rings. The standard InChI is InChI=1S/C21H30N4O3.HI/c1-2-22-21(23-12-13-25-19(26)8-5-9-20(25)27)24-14-17-6-3-4-7-18(17)28-15-16-10-11-16;/h3-4,6-7,16H,2,5,8-15H2,1H3,(H2,22,23,24);1H. The number of hydrogen-bond donors (Lipinski definition) is 2. The van der Waals surface area contributed by atoms with Gasteiger partial charge >= 0.3 is 0 Å². The predicted molar refractivity (Wildman–Crippen MR) is 123 cm³/mol. The monoisotopic (exact) mass is 514 g/mol. The van der Waals surface area contributed by atoms with Crippen LogP contribution in [0.25, 0.3) is 0 Å². The minimum Gasteiger partial charge on any atom is -0.493 e. The lowest BCUT2D eigenvalue weighted by Gasteiger charge is -2.25. The van der Waals surface area contributed by atoms with Crippen LogP contribution in [0.15, 0.2) is 29.3 Å². The van der Waals surface area contributed by atoms with E-state index in [1.165, 1.54) is 17.7 Å². The molecule has 0 atom stereocenters. The van der Waals surface area contributed by atoms with Crippen LogP contribution in [0.4, 0.5) is 0 Å². The summed E-state index contributed by atoms with van der Waals surface area (Å²) in [7, 11) is 0. The zero-order valence-corrected chi connectivity index (χ0v) is 19.3. The second kappa shape index (κ2) is 12.0. The lowest BCUT2D eigenvalue weighted by atomic mass is 10.1. The van der Waals surface area contributed by atoms with Crippen LogP contribution in [0.5, 0.6) is 5.75 Å². The van der Waals surface area contributed by atoms with Crippen molar-refractivity contribution in [2.45, 2.75) is 45.6 Å². The van der Waals surface area contributed by atoms with Crippen molar-refractivity contribution in [3.8, 4) is 5.75 Å². The highest BCUT2D eigenvalue weighted by Crippen LogP contribution is 2.30. The van der Waals surface area contributed by atoms with E-state index in [1.54, 1.807) is 0 Å². The van der Waals surface area contributed by atoms with Crippen molar-refractivity contribution < 1.29 is 14.3 Å². The highest BCUT2D eigenvalue weighted by molar-refractivity contribution is 14.0. The minimum absolute atomic E-state index is 0. The summed E-state index contributed by atoms with van der Waals surface area (Å²) >= 11 is 0. The summed E-state index contributed by atoms with van der Waals surface area (Å²) in [5.41, 5.74) is 1.04. The molecule has 7 nitrogen and oxygen atoms in total. The summed E-state index contributed by atoms with van der Waals surface area (Å²) < 4.78 is 5.95. The lowest BCUT2D eigenvalue weighted by Crippen LogP contribution is -2.46. The molecule has 1 aromatic rings. The van der Waals surface area contributed by atoms with E-state index in [4.69, 9.17) is 4.74 Å². The molecule has 0 spiro atoms. The number of piperidine rings is 1.